The van der Waals surface area contributed by atoms with Crippen LogP contribution in [0.4, 0.5) is 4.39 Å². The van der Waals surface area contributed by atoms with Crippen LogP contribution in [0.5, 0.6) is 5.75 Å². The van der Waals surface area contributed by atoms with Crippen LogP contribution in [0.1, 0.15) is 15.9 Å². The standard InChI is InChI=1S/C23H18FNO3/c1-28-22-12-18-11-20(16-7-3-2-4-8-16)25(21(18)13-19(22)24)14-15-6-5-9-17(10-15)23(26)27/h2-13H,14H2,1H3,(H,26,27). The summed E-state index contributed by atoms with van der Waals surface area (Å²) in [6.45, 7) is 0.417. The lowest BCUT2D eigenvalue weighted by Gasteiger charge is -2.12. The molecular weight excluding hydrogens is 357 g/mol. The average molecular weight is 375 g/mol. The Bertz CT molecular complexity index is 1170. The number of halogens is 1. The van der Waals surface area contributed by atoms with Gasteiger partial charge in [-0.2, -0.15) is 0 Å². The van der Waals surface area contributed by atoms with Gasteiger partial charge in [-0.1, -0.05) is 42.5 Å². The number of hydrogen-bond acceptors (Lipinski definition) is 2. The number of ether oxygens (including phenoxy) is 1. The van der Waals surface area contributed by atoms with Gasteiger partial charge in [-0.05, 0) is 35.4 Å². The first-order chi connectivity index (χ1) is 13.6. The molecule has 0 unspecified atom stereocenters. The topological polar surface area (TPSA) is 51.5 Å². The monoisotopic (exact) mass is 375 g/mol. The maximum Gasteiger partial charge on any atom is 0.335 e. The lowest BCUT2D eigenvalue weighted by molar-refractivity contribution is 0.0696. The number of carboxylic acids is 1. The van der Waals surface area contributed by atoms with Gasteiger partial charge in [0.2, 0.25) is 0 Å². The highest BCUT2D eigenvalue weighted by Crippen LogP contribution is 2.33. The molecule has 5 heteroatoms. The van der Waals surface area contributed by atoms with Crippen molar-refractivity contribution in [1.82, 2.24) is 4.57 Å². The highest BCUT2D eigenvalue weighted by molar-refractivity contribution is 5.89. The summed E-state index contributed by atoms with van der Waals surface area (Å²) < 4.78 is 21.5. The maximum atomic E-state index is 14.4. The summed E-state index contributed by atoms with van der Waals surface area (Å²) >= 11 is 0. The van der Waals surface area contributed by atoms with E-state index in [0.29, 0.717) is 6.54 Å². The van der Waals surface area contributed by atoms with Gasteiger partial charge in [0.25, 0.3) is 0 Å². The Morgan fingerprint density at radius 3 is 2.54 bits per heavy atom. The fraction of sp³-hybridized carbons (Fsp3) is 0.0870. The van der Waals surface area contributed by atoms with Crippen molar-refractivity contribution in [3.63, 3.8) is 0 Å². The summed E-state index contributed by atoms with van der Waals surface area (Å²) in [4.78, 5) is 11.3. The van der Waals surface area contributed by atoms with Crippen molar-refractivity contribution in [2.45, 2.75) is 6.54 Å². The fourth-order valence-electron chi connectivity index (χ4n) is 3.42. The van der Waals surface area contributed by atoms with E-state index in [0.717, 1.165) is 27.7 Å². The molecule has 0 saturated carbocycles. The molecule has 1 aromatic heterocycles. The van der Waals surface area contributed by atoms with Crippen LogP contribution in [0.2, 0.25) is 0 Å². The number of hydrogen-bond donors (Lipinski definition) is 1. The second-order valence-electron chi connectivity index (χ2n) is 6.53. The minimum absolute atomic E-state index is 0.192. The number of fused-ring (bicyclic) bond motifs is 1. The lowest BCUT2D eigenvalue weighted by atomic mass is 10.1. The highest BCUT2D eigenvalue weighted by atomic mass is 19.1. The predicted octanol–water partition coefficient (Wildman–Crippen LogP) is 5.20. The van der Waals surface area contributed by atoms with Crippen molar-refractivity contribution in [3.8, 4) is 17.0 Å². The molecule has 28 heavy (non-hydrogen) atoms. The van der Waals surface area contributed by atoms with Crippen molar-refractivity contribution in [2.75, 3.05) is 7.11 Å². The summed E-state index contributed by atoms with van der Waals surface area (Å²) in [7, 11) is 1.44. The molecule has 0 amide bonds. The van der Waals surface area contributed by atoms with Crippen molar-refractivity contribution in [1.29, 1.82) is 0 Å². The first-order valence-corrected chi connectivity index (χ1v) is 8.81. The van der Waals surface area contributed by atoms with Gasteiger partial charge >= 0.3 is 5.97 Å². The summed E-state index contributed by atoms with van der Waals surface area (Å²) in [5.74, 6) is -1.22. The Balaban J connectivity index is 1.90. The SMILES string of the molecule is COc1cc2cc(-c3ccccc3)n(Cc3cccc(C(=O)O)c3)c2cc1F. The zero-order valence-corrected chi connectivity index (χ0v) is 15.2. The molecule has 0 aliphatic rings. The Morgan fingerprint density at radius 1 is 1.04 bits per heavy atom. The van der Waals surface area contributed by atoms with E-state index in [9.17, 15) is 14.3 Å². The zero-order chi connectivity index (χ0) is 19.7. The van der Waals surface area contributed by atoms with E-state index >= 15 is 0 Å². The number of benzene rings is 3. The van der Waals surface area contributed by atoms with E-state index in [1.165, 1.54) is 13.2 Å². The smallest absolute Gasteiger partial charge is 0.335 e. The molecule has 4 nitrogen and oxygen atoms in total. The first-order valence-electron chi connectivity index (χ1n) is 8.81. The van der Waals surface area contributed by atoms with Crippen molar-refractivity contribution in [3.05, 3.63) is 89.7 Å². The lowest BCUT2D eigenvalue weighted by Crippen LogP contribution is -2.04. The summed E-state index contributed by atoms with van der Waals surface area (Å²) in [5.41, 5.74) is 3.68. The van der Waals surface area contributed by atoms with Gasteiger partial charge in [-0.15, -0.1) is 0 Å². The van der Waals surface area contributed by atoms with Crippen LogP contribution in [0, 0.1) is 5.82 Å². The summed E-state index contributed by atoms with van der Waals surface area (Å²) in [6, 6.07) is 21.7. The zero-order valence-electron chi connectivity index (χ0n) is 15.2. The molecule has 0 atom stereocenters. The number of carboxylic acid groups (broad SMARTS) is 1. The van der Waals surface area contributed by atoms with Crippen molar-refractivity contribution >= 4 is 16.9 Å². The number of carbonyl (C=O) groups is 1. The Hall–Kier alpha value is -3.60. The van der Waals surface area contributed by atoms with E-state index in [1.807, 2.05) is 47.0 Å². The van der Waals surface area contributed by atoms with Crippen LogP contribution in [-0.2, 0) is 6.54 Å². The van der Waals surface area contributed by atoms with Crippen LogP contribution in [0.25, 0.3) is 22.2 Å². The third-order valence-electron chi connectivity index (χ3n) is 4.76. The minimum atomic E-state index is -0.974. The number of rotatable bonds is 5. The second kappa shape index (κ2) is 7.19. The molecule has 0 saturated heterocycles. The van der Waals surface area contributed by atoms with Crippen LogP contribution < -0.4 is 4.74 Å². The molecular formula is C23H18FNO3. The average Bonchev–Trinajstić information content (AvgIpc) is 3.05. The predicted molar refractivity (Wildman–Crippen MR) is 106 cm³/mol. The first kappa shape index (κ1) is 17.8. The van der Waals surface area contributed by atoms with Gasteiger partial charge in [0.05, 0.1) is 18.2 Å². The molecule has 4 aromatic rings. The molecule has 0 radical (unpaired) electrons. The van der Waals surface area contributed by atoms with Gasteiger partial charge in [0, 0.05) is 23.7 Å². The van der Waals surface area contributed by atoms with Crippen molar-refractivity contribution < 1.29 is 19.0 Å². The molecule has 0 aliphatic heterocycles. The van der Waals surface area contributed by atoms with Crippen molar-refractivity contribution in [2.24, 2.45) is 0 Å². The van der Waals surface area contributed by atoms with E-state index < -0.39 is 11.8 Å². The molecule has 0 bridgehead atoms. The van der Waals surface area contributed by atoms with Crippen LogP contribution in [-0.4, -0.2) is 22.8 Å². The fourth-order valence-corrected chi connectivity index (χ4v) is 3.42. The molecule has 0 aliphatic carbocycles. The number of nitrogens with zero attached hydrogens (tertiary/aromatic N) is 1. The van der Waals surface area contributed by atoms with Crippen LogP contribution >= 0.6 is 0 Å². The Morgan fingerprint density at radius 2 is 1.82 bits per heavy atom. The van der Waals surface area contributed by atoms with Crippen LogP contribution in [0.15, 0.2) is 72.8 Å². The Labute approximate surface area is 161 Å². The van der Waals surface area contributed by atoms with E-state index in [-0.39, 0.29) is 11.3 Å². The number of aromatic nitrogens is 1. The molecule has 0 fully saturated rings. The van der Waals surface area contributed by atoms with Gasteiger partial charge in [-0.3, -0.25) is 0 Å². The normalized spacial score (nSPS) is 10.9. The molecule has 3 aromatic carbocycles. The molecule has 1 heterocycles. The molecule has 140 valence electrons. The largest absolute Gasteiger partial charge is 0.494 e. The number of methoxy groups -OCH3 is 1. The quantitative estimate of drug-likeness (QED) is 0.521. The number of aromatic carboxylic acids is 1. The van der Waals surface area contributed by atoms with E-state index in [1.54, 1.807) is 24.3 Å². The van der Waals surface area contributed by atoms with Gasteiger partial charge in [0.1, 0.15) is 0 Å². The Kier molecular flexibility index (Phi) is 4.57. The molecule has 4 rings (SSSR count). The highest BCUT2D eigenvalue weighted by Gasteiger charge is 2.15. The second-order valence-corrected chi connectivity index (χ2v) is 6.53. The summed E-state index contributed by atoms with van der Waals surface area (Å²) in [5, 5.41) is 10.1. The maximum absolute atomic E-state index is 14.4. The van der Waals surface area contributed by atoms with Gasteiger partial charge in [-0.25, -0.2) is 9.18 Å². The minimum Gasteiger partial charge on any atom is -0.494 e. The van der Waals surface area contributed by atoms with Crippen LogP contribution in [0.3, 0.4) is 0 Å². The van der Waals surface area contributed by atoms with E-state index in [2.05, 4.69) is 0 Å². The van der Waals surface area contributed by atoms with Gasteiger partial charge in [0.15, 0.2) is 11.6 Å². The molecule has 1 N–H and O–H groups in total. The molecule has 0 spiro atoms. The van der Waals surface area contributed by atoms with Gasteiger partial charge < -0.3 is 14.4 Å². The van der Waals surface area contributed by atoms with E-state index in [4.69, 9.17) is 4.74 Å². The third kappa shape index (κ3) is 3.22. The summed E-state index contributed by atoms with van der Waals surface area (Å²) in [6.07, 6.45) is 0. The third-order valence-corrected chi connectivity index (χ3v) is 4.76.